The highest BCUT2D eigenvalue weighted by Crippen LogP contribution is 2.23. The minimum atomic E-state index is -0.235. The van der Waals surface area contributed by atoms with Gasteiger partial charge >= 0.3 is 0 Å². The number of carbonyl (C=O) groups excluding carboxylic acids is 1. The van der Waals surface area contributed by atoms with Crippen LogP contribution in [0.1, 0.15) is 33.6 Å². The van der Waals surface area contributed by atoms with Crippen molar-refractivity contribution in [3.05, 3.63) is 0 Å². The summed E-state index contributed by atoms with van der Waals surface area (Å²) >= 11 is 4.09. The van der Waals surface area contributed by atoms with E-state index in [0.717, 1.165) is 19.4 Å². The van der Waals surface area contributed by atoms with E-state index < -0.39 is 0 Å². The molecule has 0 bridgehead atoms. The lowest BCUT2D eigenvalue weighted by Crippen LogP contribution is -2.47. The molecule has 1 aliphatic heterocycles. The van der Waals surface area contributed by atoms with E-state index in [9.17, 15) is 4.79 Å². The van der Waals surface area contributed by atoms with Crippen molar-refractivity contribution in [3.63, 3.8) is 0 Å². The van der Waals surface area contributed by atoms with Crippen LogP contribution in [0.3, 0.4) is 0 Å². The minimum Gasteiger partial charge on any atom is -0.375 e. The number of carbonyl (C=O) groups is 1. The second-order valence-electron chi connectivity index (χ2n) is 4.48. The van der Waals surface area contributed by atoms with Crippen LogP contribution in [0.25, 0.3) is 0 Å². The van der Waals surface area contributed by atoms with Crippen LogP contribution in [0.5, 0.6) is 0 Å². The van der Waals surface area contributed by atoms with Crippen LogP contribution in [0.15, 0.2) is 0 Å². The highest BCUT2D eigenvalue weighted by atomic mass is 32.1. The van der Waals surface area contributed by atoms with Crippen molar-refractivity contribution in [2.45, 2.75) is 50.5 Å². The quantitative estimate of drug-likeness (QED) is 0.686. The summed E-state index contributed by atoms with van der Waals surface area (Å²) in [7, 11) is 0. The van der Waals surface area contributed by atoms with E-state index in [1.165, 1.54) is 0 Å². The maximum atomic E-state index is 11.4. The molecule has 0 aromatic carbocycles. The molecule has 1 amide bonds. The molecule has 1 N–H and O–H groups in total. The van der Waals surface area contributed by atoms with Crippen LogP contribution < -0.4 is 5.32 Å². The van der Waals surface area contributed by atoms with Gasteiger partial charge in [-0.3, -0.25) is 4.79 Å². The molecule has 0 saturated carbocycles. The van der Waals surface area contributed by atoms with Gasteiger partial charge in [-0.2, -0.15) is 12.6 Å². The third-order valence-electron chi connectivity index (χ3n) is 2.42. The third-order valence-corrected chi connectivity index (χ3v) is 2.66. The van der Waals surface area contributed by atoms with Crippen molar-refractivity contribution in [2.75, 3.05) is 6.61 Å². The fourth-order valence-electron chi connectivity index (χ4n) is 1.68. The van der Waals surface area contributed by atoms with Gasteiger partial charge in [-0.25, -0.2) is 0 Å². The minimum absolute atomic E-state index is 0.0102. The number of hydrogen-bond donors (Lipinski definition) is 2. The lowest BCUT2D eigenvalue weighted by Gasteiger charge is -2.36. The molecule has 0 aliphatic carbocycles. The molecule has 82 valence electrons. The first-order chi connectivity index (χ1) is 6.41. The van der Waals surface area contributed by atoms with Gasteiger partial charge in [0.05, 0.1) is 10.9 Å². The predicted octanol–water partition coefficient (Wildman–Crippen LogP) is 1.38. The number of nitrogens with one attached hydrogen (secondary N) is 1. The van der Waals surface area contributed by atoms with E-state index in [1.807, 2.05) is 0 Å². The zero-order chi connectivity index (χ0) is 10.8. The zero-order valence-electron chi connectivity index (χ0n) is 9.04. The highest BCUT2D eigenvalue weighted by Gasteiger charge is 2.29. The van der Waals surface area contributed by atoms with Crippen molar-refractivity contribution in [2.24, 2.45) is 0 Å². The largest absolute Gasteiger partial charge is 0.375 e. The Hall–Kier alpha value is -0.220. The smallest absolute Gasteiger partial charge is 0.232 e. The summed E-state index contributed by atoms with van der Waals surface area (Å²) in [5.74, 6) is 0.0102. The molecule has 0 spiro atoms. The topological polar surface area (TPSA) is 38.3 Å². The highest BCUT2D eigenvalue weighted by molar-refractivity contribution is 7.81. The van der Waals surface area contributed by atoms with Crippen molar-refractivity contribution < 1.29 is 9.53 Å². The van der Waals surface area contributed by atoms with Crippen LogP contribution in [0.2, 0.25) is 0 Å². The van der Waals surface area contributed by atoms with E-state index in [-0.39, 0.29) is 22.8 Å². The molecule has 1 saturated heterocycles. The van der Waals surface area contributed by atoms with Gasteiger partial charge in [0.2, 0.25) is 5.91 Å². The molecular formula is C10H19NO2S. The summed E-state index contributed by atoms with van der Waals surface area (Å²) in [6.45, 7) is 6.60. The van der Waals surface area contributed by atoms with E-state index in [0.29, 0.717) is 0 Å². The van der Waals surface area contributed by atoms with E-state index >= 15 is 0 Å². The molecule has 0 radical (unpaired) electrons. The van der Waals surface area contributed by atoms with E-state index in [4.69, 9.17) is 4.74 Å². The fourth-order valence-corrected chi connectivity index (χ4v) is 1.75. The molecule has 1 aliphatic rings. The van der Waals surface area contributed by atoms with Crippen molar-refractivity contribution in [1.82, 2.24) is 5.32 Å². The van der Waals surface area contributed by atoms with Gasteiger partial charge in [0, 0.05) is 12.6 Å². The summed E-state index contributed by atoms with van der Waals surface area (Å²) < 4.78 is 5.57. The van der Waals surface area contributed by atoms with E-state index in [2.05, 4.69) is 31.8 Å². The van der Waals surface area contributed by atoms with Crippen molar-refractivity contribution in [3.8, 4) is 0 Å². The van der Waals surface area contributed by atoms with E-state index in [1.54, 1.807) is 6.92 Å². The number of ether oxygens (including phenoxy) is 1. The molecule has 3 nitrogen and oxygen atoms in total. The van der Waals surface area contributed by atoms with Crippen LogP contribution >= 0.6 is 12.6 Å². The zero-order valence-corrected chi connectivity index (χ0v) is 9.93. The molecule has 2 unspecified atom stereocenters. The Kier molecular flexibility index (Phi) is 3.84. The predicted molar refractivity (Wildman–Crippen MR) is 59.6 cm³/mol. The second kappa shape index (κ2) is 4.53. The standard InChI is InChI=1S/C10H19NO2S/c1-7(14)9(12)11-8-4-5-13-10(2,3)6-8/h7-8,14H,4-6H2,1-3H3,(H,11,12). The Morgan fingerprint density at radius 3 is 2.79 bits per heavy atom. The Labute approximate surface area is 91.0 Å². The number of thiol groups is 1. The first-order valence-corrected chi connectivity index (χ1v) is 5.55. The normalized spacial score (nSPS) is 28.1. The summed E-state index contributed by atoms with van der Waals surface area (Å²) in [4.78, 5) is 11.4. The number of amides is 1. The molecule has 4 heteroatoms. The number of rotatable bonds is 2. The average Bonchev–Trinajstić information content (AvgIpc) is 2.01. The van der Waals surface area contributed by atoms with Gasteiger partial charge in [-0.05, 0) is 33.6 Å². The maximum absolute atomic E-state index is 11.4. The van der Waals surface area contributed by atoms with Crippen LogP contribution in [0.4, 0.5) is 0 Å². The molecule has 1 rings (SSSR count). The first kappa shape index (κ1) is 11.9. The Morgan fingerprint density at radius 2 is 2.29 bits per heavy atom. The molecule has 14 heavy (non-hydrogen) atoms. The van der Waals surface area contributed by atoms with Gasteiger partial charge in [0.15, 0.2) is 0 Å². The Bertz CT molecular complexity index is 216. The average molecular weight is 217 g/mol. The molecular weight excluding hydrogens is 198 g/mol. The fraction of sp³-hybridized carbons (Fsp3) is 0.900. The van der Waals surface area contributed by atoms with Gasteiger partial charge < -0.3 is 10.1 Å². The third kappa shape index (κ3) is 3.50. The van der Waals surface area contributed by atoms with Crippen molar-refractivity contribution in [1.29, 1.82) is 0 Å². The maximum Gasteiger partial charge on any atom is 0.232 e. The van der Waals surface area contributed by atoms with Crippen LogP contribution in [-0.4, -0.2) is 29.4 Å². The monoisotopic (exact) mass is 217 g/mol. The SMILES string of the molecule is CC(S)C(=O)NC1CCOC(C)(C)C1. The number of hydrogen-bond acceptors (Lipinski definition) is 3. The Morgan fingerprint density at radius 1 is 1.64 bits per heavy atom. The van der Waals surface area contributed by atoms with Gasteiger partial charge in [0.25, 0.3) is 0 Å². The Balaban J connectivity index is 2.42. The lowest BCUT2D eigenvalue weighted by molar-refractivity contribution is -0.123. The molecule has 1 fully saturated rings. The van der Waals surface area contributed by atoms with Crippen molar-refractivity contribution >= 4 is 18.5 Å². The van der Waals surface area contributed by atoms with Gasteiger partial charge in [0.1, 0.15) is 0 Å². The van der Waals surface area contributed by atoms with Crippen LogP contribution in [0, 0.1) is 0 Å². The van der Waals surface area contributed by atoms with Gasteiger partial charge in [-0.1, -0.05) is 0 Å². The molecule has 0 aromatic heterocycles. The summed E-state index contributed by atoms with van der Waals surface area (Å²) in [5.41, 5.74) is -0.115. The molecule has 1 heterocycles. The molecule has 0 aromatic rings. The van der Waals surface area contributed by atoms with Crippen LogP contribution in [-0.2, 0) is 9.53 Å². The summed E-state index contributed by atoms with van der Waals surface area (Å²) in [5, 5.41) is 2.74. The lowest BCUT2D eigenvalue weighted by atomic mass is 9.94. The molecule has 2 atom stereocenters. The second-order valence-corrected chi connectivity index (χ2v) is 5.26. The summed E-state index contributed by atoms with van der Waals surface area (Å²) in [6.07, 6.45) is 1.77. The first-order valence-electron chi connectivity index (χ1n) is 5.03. The summed E-state index contributed by atoms with van der Waals surface area (Å²) in [6, 6.07) is 0.237. The van der Waals surface area contributed by atoms with Gasteiger partial charge in [-0.15, -0.1) is 0 Å².